The van der Waals surface area contributed by atoms with Gasteiger partial charge in [-0.3, -0.25) is 20.4 Å². The third kappa shape index (κ3) is 5.80. The van der Waals surface area contributed by atoms with Crippen LogP contribution in [0.15, 0.2) is 42.5 Å². The number of hydrogen-bond donors (Lipinski definition) is 2. The third-order valence-electron chi connectivity index (χ3n) is 3.39. The Morgan fingerprint density at radius 2 is 1.56 bits per heavy atom. The summed E-state index contributed by atoms with van der Waals surface area (Å²) < 4.78 is 23.7. The molecule has 0 aliphatic rings. The number of hydrogen-bond acceptors (Lipinski definition) is 4. The number of para-hydroxylation sites is 1. The lowest BCUT2D eigenvalue weighted by Crippen LogP contribution is -2.45. The van der Waals surface area contributed by atoms with Crippen molar-refractivity contribution in [1.29, 1.82) is 0 Å². The summed E-state index contributed by atoms with van der Waals surface area (Å²) in [5.41, 5.74) is 6.53. The summed E-state index contributed by atoms with van der Waals surface area (Å²) in [6.07, 6.45) is 0. The standard InChI is InChI=1S/C18H19FN2O4/c1-12-7-8-14(9-13(12)2)24-10-17(22)20-21-18(23)11-25-16-6-4-3-5-15(16)19/h3-9H,10-11H2,1-2H3,(H,20,22)(H,21,23). The van der Waals surface area contributed by atoms with Gasteiger partial charge >= 0.3 is 0 Å². The molecule has 0 aliphatic carbocycles. The molecule has 0 fully saturated rings. The summed E-state index contributed by atoms with van der Waals surface area (Å²) in [7, 11) is 0. The second-order valence-corrected chi connectivity index (χ2v) is 5.35. The number of rotatable bonds is 6. The molecule has 0 aromatic heterocycles. The minimum atomic E-state index is -0.622. The first-order valence-corrected chi connectivity index (χ1v) is 7.61. The van der Waals surface area contributed by atoms with Gasteiger partial charge < -0.3 is 9.47 Å². The van der Waals surface area contributed by atoms with Gasteiger partial charge in [-0.25, -0.2) is 4.39 Å². The minimum Gasteiger partial charge on any atom is -0.484 e. The first-order chi connectivity index (χ1) is 12.0. The van der Waals surface area contributed by atoms with Crippen LogP contribution in [0.4, 0.5) is 4.39 Å². The first-order valence-electron chi connectivity index (χ1n) is 7.61. The van der Waals surface area contributed by atoms with E-state index in [9.17, 15) is 14.0 Å². The number of aryl methyl sites for hydroxylation is 2. The zero-order valence-corrected chi connectivity index (χ0v) is 14.0. The number of ether oxygens (including phenoxy) is 2. The van der Waals surface area contributed by atoms with Crippen LogP contribution in [0.25, 0.3) is 0 Å². The Balaban J connectivity index is 1.69. The molecule has 2 aromatic rings. The second-order valence-electron chi connectivity index (χ2n) is 5.35. The summed E-state index contributed by atoms with van der Waals surface area (Å²) in [5, 5.41) is 0. The monoisotopic (exact) mass is 346 g/mol. The van der Waals surface area contributed by atoms with E-state index in [0.29, 0.717) is 5.75 Å². The predicted octanol–water partition coefficient (Wildman–Crippen LogP) is 2.05. The molecule has 0 radical (unpaired) electrons. The van der Waals surface area contributed by atoms with Gasteiger partial charge in [-0.2, -0.15) is 0 Å². The van der Waals surface area contributed by atoms with E-state index in [1.165, 1.54) is 18.2 Å². The molecule has 7 heteroatoms. The Morgan fingerprint density at radius 3 is 2.20 bits per heavy atom. The molecule has 0 atom stereocenters. The molecule has 0 bridgehead atoms. The molecular weight excluding hydrogens is 327 g/mol. The fourth-order valence-corrected chi connectivity index (χ4v) is 1.87. The van der Waals surface area contributed by atoms with Gasteiger partial charge in [0.05, 0.1) is 0 Å². The fourth-order valence-electron chi connectivity index (χ4n) is 1.87. The van der Waals surface area contributed by atoms with E-state index in [-0.39, 0.29) is 12.4 Å². The van der Waals surface area contributed by atoms with Gasteiger partial charge in [-0.1, -0.05) is 18.2 Å². The van der Waals surface area contributed by atoms with E-state index in [1.54, 1.807) is 12.1 Å². The van der Waals surface area contributed by atoms with E-state index < -0.39 is 24.2 Å². The van der Waals surface area contributed by atoms with Crippen LogP contribution in [0.3, 0.4) is 0 Å². The normalized spacial score (nSPS) is 10.0. The van der Waals surface area contributed by atoms with Crippen LogP contribution in [0.1, 0.15) is 11.1 Å². The molecule has 6 nitrogen and oxygen atoms in total. The van der Waals surface area contributed by atoms with Gasteiger partial charge in [-0.05, 0) is 49.2 Å². The molecule has 2 aromatic carbocycles. The maximum Gasteiger partial charge on any atom is 0.276 e. The summed E-state index contributed by atoms with van der Waals surface area (Å²) in [4.78, 5) is 23.2. The number of carbonyl (C=O) groups excluding carboxylic acids is 2. The zero-order chi connectivity index (χ0) is 18.2. The van der Waals surface area contributed by atoms with E-state index in [4.69, 9.17) is 9.47 Å². The van der Waals surface area contributed by atoms with Crippen molar-refractivity contribution < 1.29 is 23.5 Å². The molecule has 0 saturated heterocycles. The van der Waals surface area contributed by atoms with Crippen molar-refractivity contribution in [3.63, 3.8) is 0 Å². The van der Waals surface area contributed by atoms with Crippen LogP contribution in [0.2, 0.25) is 0 Å². The van der Waals surface area contributed by atoms with Gasteiger partial charge in [0.2, 0.25) is 0 Å². The second kappa shape index (κ2) is 8.68. The fraction of sp³-hybridized carbons (Fsp3) is 0.222. The summed E-state index contributed by atoms with van der Waals surface area (Å²) in [6.45, 7) is 3.24. The third-order valence-corrected chi connectivity index (χ3v) is 3.39. The average Bonchev–Trinajstić information content (AvgIpc) is 2.60. The first kappa shape index (κ1) is 18.3. The molecule has 2 rings (SSSR count). The van der Waals surface area contributed by atoms with Crippen molar-refractivity contribution >= 4 is 11.8 Å². The molecule has 2 amide bonds. The van der Waals surface area contributed by atoms with E-state index in [1.807, 2.05) is 26.0 Å². The molecular formula is C18H19FN2O4. The highest BCUT2D eigenvalue weighted by molar-refractivity contribution is 5.83. The highest BCUT2D eigenvalue weighted by Gasteiger charge is 2.08. The van der Waals surface area contributed by atoms with Crippen molar-refractivity contribution in [3.05, 3.63) is 59.4 Å². The number of amides is 2. The van der Waals surface area contributed by atoms with E-state index in [0.717, 1.165) is 11.1 Å². The molecule has 132 valence electrons. The Labute approximate surface area is 144 Å². The van der Waals surface area contributed by atoms with Crippen molar-refractivity contribution in [2.24, 2.45) is 0 Å². The number of carbonyl (C=O) groups is 2. The Bertz CT molecular complexity index is 764. The topological polar surface area (TPSA) is 76.7 Å². The zero-order valence-electron chi connectivity index (χ0n) is 14.0. The van der Waals surface area contributed by atoms with Gasteiger partial charge in [0.15, 0.2) is 24.8 Å². The van der Waals surface area contributed by atoms with Crippen molar-refractivity contribution in [2.45, 2.75) is 13.8 Å². The van der Waals surface area contributed by atoms with Gasteiger partial charge in [0.1, 0.15) is 5.75 Å². The highest BCUT2D eigenvalue weighted by atomic mass is 19.1. The summed E-state index contributed by atoms with van der Waals surface area (Å²) in [5.74, 6) is -1.20. The van der Waals surface area contributed by atoms with Crippen LogP contribution in [0, 0.1) is 19.7 Å². The molecule has 0 unspecified atom stereocenters. The lowest BCUT2D eigenvalue weighted by Gasteiger charge is -2.10. The number of nitrogens with one attached hydrogen (secondary N) is 2. The molecule has 25 heavy (non-hydrogen) atoms. The molecule has 0 aliphatic heterocycles. The smallest absolute Gasteiger partial charge is 0.276 e. The molecule has 0 heterocycles. The minimum absolute atomic E-state index is 0.0398. The lowest BCUT2D eigenvalue weighted by atomic mass is 10.1. The van der Waals surface area contributed by atoms with Crippen LogP contribution in [-0.2, 0) is 9.59 Å². The summed E-state index contributed by atoms with van der Waals surface area (Å²) >= 11 is 0. The quantitative estimate of drug-likeness (QED) is 0.785. The summed E-state index contributed by atoms with van der Waals surface area (Å²) in [6, 6.07) is 11.2. The van der Waals surface area contributed by atoms with Crippen molar-refractivity contribution in [3.8, 4) is 11.5 Å². The largest absolute Gasteiger partial charge is 0.484 e. The predicted molar refractivity (Wildman–Crippen MR) is 89.6 cm³/mol. The molecule has 0 spiro atoms. The van der Waals surface area contributed by atoms with Gasteiger partial charge in [0, 0.05) is 0 Å². The van der Waals surface area contributed by atoms with Crippen LogP contribution in [-0.4, -0.2) is 25.0 Å². The highest BCUT2D eigenvalue weighted by Crippen LogP contribution is 2.16. The van der Waals surface area contributed by atoms with E-state index >= 15 is 0 Å². The Morgan fingerprint density at radius 1 is 0.920 bits per heavy atom. The average molecular weight is 346 g/mol. The van der Waals surface area contributed by atoms with Crippen LogP contribution < -0.4 is 20.3 Å². The number of benzene rings is 2. The van der Waals surface area contributed by atoms with Crippen LogP contribution >= 0.6 is 0 Å². The molecule has 0 saturated carbocycles. The van der Waals surface area contributed by atoms with Gasteiger partial charge in [-0.15, -0.1) is 0 Å². The SMILES string of the molecule is Cc1ccc(OCC(=O)NNC(=O)COc2ccccc2F)cc1C. The Kier molecular flexibility index (Phi) is 6.33. The molecule has 2 N–H and O–H groups in total. The number of halogens is 1. The van der Waals surface area contributed by atoms with Gasteiger partial charge in [0.25, 0.3) is 11.8 Å². The van der Waals surface area contributed by atoms with Crippen molar-refractivity contribution in [2.75, 3.05) is 13.2 Å². The lowest BCUT2D eigenvalue weighted by molar-refractivity contribution is -0.131. The van der Waals surface area contributed by atoms with E-state index in [2.05, 4.69) is 10.9 Å². The number of hydrazine groups is 1. The van der Waals surface area contributed by atoms with Crippen LogP contribution in [0.5, 0.6) is 11.5 Å². The maximum atomic E-state index is 13.3. The maximum absolute atomic E-state index is 13.3. The Hall–Kier alpha value is -3.09. The van der Waals surface area contributed by atoms with Crippen molar-refractivity contribution in [1.82, 2.24) is 10.9 Å².